The van der Waals surface area contributed by atoms with Gasteiger partial charge in [-0.2, -0.15) is 0 Å². The molecule has 1 unspecified atom stereocenters. The van der Waals surface area contributed by atoms with Gasteiger partial charge >= 0.3 is 5.97 Å². The average molecular weight is 263 g/mol. The fourth-order valence-corrected chi connectivity index (χ4v) is 1.86. The normalized spacial score (nSPS) is 15.6. The van der Waals surface area contributed by atoms with Crippen molar-refractivity contribution < 1.29 is 19.4 Å². The monoisotopic (exact) mass is 263 g/mol. The second kappa shape index (κ2) is 5.73. The number of nitrogens with one attached hydrogen (secondary N) is 1. The summed E-state index contributed by atoms with van der Waals surface area (Å²) in [4.78, 5) is 23.2. The van der Waals surface area contributed by atoms with E-state index in [4.69, 9.17) is 4.74 Å². The Hall–Kier alpha value is -2.04. The number of hydrogen-bond donors (Lipinski definition) is 2. The number of amides is 1. The predicted octanol–water partition coefficient (Wildman–Crippen LogP) is 1.46. The standard InChI is InChI=1S/C14H17NO4/c1-9(10-6-7-10)15-13(17)8-19-14(18)11-4-2-3-5-12(11)16/h2-5,9-10,16H,6-8H2,1H3,(H,15,17). The molecule has 5 heteroatoms. The number of ether oxygens (including phenoxy) is 1. The number of aromatic hydroxyl groups is 1. The molecule has 0 aliphatic heterocycles. The van der Waals surface area contributed by atoms with Crippen LogP contribution in [0, 0.1) is 5.92 Å². The van der Waals surface area contributed by atoms with E-state index in [2.05, 4.69) is 5.32 Å². The first-order chi connectivity index (χ1) is 9.08. The van der Waals surface area contributed by atoms with Crippen LogP contribution in [-0.4, -0.2) is 29.6 Å². The van der Waals surface area contributed by atoms with E-state index in [1.165, 1.54) is 12.1 Å². The molecule has 1 amide bonds. The SMILES string of the molecule is CC(NC(=O)COC(=O)c1ccccc1O)C1CC1. The van der Waals surface area contributed by atoms with Gasteiger partial charge in [0.15, 0.2) is 6.61 Å². The number of benzene rings is 1. The number of phenols is 1. The van der Waals surface area contributed by atoms with Gasteiger partial charge in [-0.3, -0.25) is 4.79 Å². The zero-order chi connectivity index (χ0) is 13.8. The van der Waals surface area contributed by atoms with Crippen LogP contribution in [0.5, 0.6) is 5.75 Å². The molecule has 102 valence electrons. The molecule has 2 N–H and O–H groups in total. The van der Waals surface area contributed by atoms with Crippen molar-refractivity contribution in [1.82, 2.24) is 5.32 Å². The Labute approximate surface area is 111 Å². The Morgan fingerprint density at radius 1 is 1.42 bits per heavy atom. The third-order valence-corrected chi connectivity index (χ3v) is 3.18. The molecule has 0 bridgehead atoms. The van der Waals surface area contributed by atoms with Crippen LogP contribution in [-0.2, 0) is 9.53 Å². The van der Waals surface area contributed by atoms with Gasteiger partial charge in [-0.15, -0.1) is 0 Å². The Morgan fingerprint density at radius 3 is 2.74 bits per heavy atom. The minimum Gasteiger partial charge on any atom is -0.507 e. The van der Waals surface area contributed by atoms with Gasteiger partial charge in [0.25, 0.3) is 5.91 Å². The zero-order valence-corrected chi connectivity index (χ0v) is 10.8. The van der Waals surface area contributed by atoms with Crippen molar-refractivity contribution in [2.45, 2.75) is 25.8 Å². The summed E-state index contributed by atoms with van der Waals surface area (Å²) in [6.07, 6.45) is 2.28. The minimum atomic E-state index is -0.702. The van der Waals surface area contributed by atoms with Crippen LogP contribution in [0.4, 0.5) is 0 Å². The maximum Gasteiger partial charge on any atom is 0.342 e. The summed E-state index contributed by atoms with van der Waals surface area (Å²) in [6, 6.07) is 6.19. The van der Waals surface area contributed by atoms with E-state index >= 15 is 0 Å². The molecule has 1 aliphatic carbocycles. The number of phenolic OH excluding ortho intramolecular Hbond substituents is 1. The van der Waals surface area contributed by atoms with Gasteiger partial charge in [0.1, 0.15) is 11.3 Å². The third-order valence-electron chi connectivity index (χ3n) is 3.18. The van der Waals surface area contributed by atoms with Gasteiger partial charge in [-0.05, 0) is 37.8 Å². The van der Waals surface area contributed by atoms with Crippen molar-refractivity contribution >= 4 is 11.9 Å². The number of esters is 1. The van der Waals surface area contributed by atoms with Crippen LogP contribution in [0.1, 0.15) is 30.1 Å². The summed E-state index contributed by atoms with van der Waals surface area (Å²) < 4.78 is 4.86. The van der Waals surface area contributed by atoms with Gasteiger partial charge in [-0.1, -0.05) is 12.1 Å². The third kappa shape index (κ3) is 3.71. The molecule has 0 saturated heterocycles. The van der Waals surface area contributed by atoms with Gasteiger partial charge in [0, 0.05) is 6.04 Å². The lowest BCUT2D eigenvalue weighted by atomic mass is 10.2. The van der Waals surface area contributed by atoms with Crippen LogP contribution in [0.2, 0.25) is 0 Å². The first kappa shape index (κ1) is 13.4. The number of hydrogen-bond acceptors (Lipinski definition) is 4. The maximum absolute atomic E-state index is 11.6. The fourth-order valence-electron chi connectivity index (χ4n) is 1.86. The Morgan fingerprint density at radius 2 is 2.11 bits per heavy atom. The average Bonchev–Trinajstić information content (AvgIpc) is 3.20. The second-order valence-electron chi connectivity index (χ2n) is 4.79. The molecular weight excluding hydrogens is 246 g/mol. The predicted molar refractivity (Wildman–Crippen MR) is 68.7 cm³/mol. The molecule has 1 atom stereocenters. The zero-order valence-electron chi connectivity index (χ0n) is 10.8. The summed E-state index contributed by atoms with van der Waals surface area (Å²) in [7, 11) is 0. The Balaban J connectivity index is 1.80. The van der Waals surface area contributed by atoms with E-state index in [0.29, 0.717) is 5.92 Å². The number of para-hydroxylation sites is 1. The van der Waals surface area contributed by atoms with E-state index in [1.807, 2.05) is 6.92 Å². The Bertz CT molecular complexity index is 482. The van der Waals surface area contributed by atoms with Crippen LogP contribution in [0.3, 0.4) is 0 Å². The highest BCUT2D eigenvalue weighted by Gasteiger charge is 2.29. The fraction of sp³-hybridized carbons (Fsp3) is 0.429. The summed E-state index contributed by atoms with van der Waals surface area (Å²) >= 11 is 0. The molecule has 0 heterocycles. The van der Waals surface area contributed by atoms with Gasteiger partial charge in [-0.25, -0.2) is 4.79 Å². The van der Waals surface area contributed by atoms with E-state index in [1.54, 1.807) is 12.1 Å². The molecule has 1 aliphatic rings. The summed E-state index contributed by atoms with van der Waals surface area (Å²) in [5, 5.41) is 12.3. The summed E-state index contributed by atoms with van der Waals surface area (Å²) in [5.41, 5.74) is 0.0607. The van der Waals surface area contributed by atoms with Crippen molar-refractivity contribution in [3.8, 4) is 5.75 Å². The molecule has 1 aromatic carbocycles. The number of rotatable bonds is 5. The van der Waals surface area contributed by atoms with E-state index < -0.39 is 5.97 Å². The smallest absolute Gasteiger partial charge is 0.342 e. The molecule has 0 aromatic heterocycles. The van der Waals surface area contributed by atoms with Gasteiger partial charge in [0.2, 0.25) is 0 Å². The second-order valence-corrected chi connectivity index (χ2v) is 4.79. The van der Waals surface area contributed by atoms with Crippen LogP contribution in [0.15, 0.2) is 24.3 Å². The minimum absolute atomic E-state index is 0.0607. The molecule has 2 rings (SSSR count). The van der Waals surface area contributed by atoms with Crippen molar-refractivity contribution in [2.24, 2.45) is 5.92 Å². The molecule has 5 nitrogen and oxygen atoms in total. The van der Waals surface area contributed by atoms with Crippen molar-refractivity contribution in [3.63, 3.8) is 0 Å². The summed E-state index contributed by atoms with van der Waals surface area (Å²) in [5.74, 6) is -0.618. The van der Waals surface area contributed by atoms with Gasteiger partial charge < -0.3 is 15.2 Å². The first-order valence-electron chi connectivity index (χ1n) is 6.32. The van der Waals surface area contributed by atoms with Crippen molar-refractivity contribution in [2.75, 3.05) is 6.61 Å². The lowest BCUT2D eigenvalue weighted by Gasteiger charge is -2.12. The number of carbonyl (C=O) groups is 2. The molecule has 0 spiro atoms. The van der Waals surface area contributed by atoms with Crippen molar-refractivity contribution in [3.05, 3.63) is 29.8 Å². The van der Waals surface area contributed by atoms with E-state index in [-0.39, 0.29) is 29.9 Å². The van der Waals surface area contributed by atoms with Crippen LogP contribution < -0.4 is 5.32 Å². The highest BCUT2D eigenvalue weighted by atomic mass is 16.5. The van der Waals surface area contributed by atoms with Crippen LogP contribution in [0.25, 0.3) is 0 Å². The highest BCUT2D eigenvalue weighted by molar-refractivity contribution is 5.93. The highest BCUT2D eigenvalue weighted by Crippen LogP contribution is 2.32. The van der Waals surface area contributed by atoms with Crippen LogP contribution >= 0.6 is 0 Å². The molecule has 1 saturated carbocycles. The molecule has 19 heavy (non-hydrogen) atoms. The van der Waals surface area contributed by atoms with E-state index in [9.17, 15) is 14.7 Å². The van der Waals surface area contributed by atoms with Gasteiger partial charge in [0.05, 0.1) is 0 Å². The topological polar surface area (TPSA) is 75.6 Å². The summed E-state index contributed by atoms with van der Waals surface area (Å²) in [6.45, 7) is 1.62. The Kier molecular flexibility index (Phi) is 4.04. The van der Waals surface area contributed by atoms with E-state index in [0.717, 1.165) is 12.8 Å². The first-order valence-corrected chi connectivity index (χ1v) is 6.32. The lowest BCUT2D eigenvalue weighted by Crippen LogP contribution is -2.37. The molecule has 1 aromatic rings. The molecule has 1 fully saturated rings. The quantitative estimate of drug-likeness (QED) is 0.789. The largest absolute Gasteiger partial charge is 0.507 e. The molecule has 0 radical (unpaired) electrons. The maximum atomic E-state index is 11.6. The van der Waals surface area contributed by atoms with Crippen molar-refractivity contribution in [1.29, 1.82) is 0 Å². The lowest BCUT2D eigenvalue weighted by molar-refractivity contribution is -0.125. The number of carbonyl (C=O) groups excluding carboxylic acids is 2. The molecular formula is C14H17NO4.